The maximum absolute atomic E-state index is 8.79. The number of likely N-dealkylation sites (N-methyl/N-ethyl adjacent to an activating group) is 1. The van der Waals surface area contributed by atoms with E-state index in [1.165, 1.54) is 31.1 Å². The molecule has 1 unspecified atom stereocenters. The summed E-state index contributed by atoms with van der Waals surface area (Å²) in [5, 5.41) is 14.3. The highest BCUT2D eigenvalue weighted by atomic mass is 32.1. The van der Waals surface area contributed by atoms with E-state index < -0.39 is 0 Å². The monoisotopic (exact) mass is 278 g/mol. The van der Waals surface area contributed by atoms with E-state index in [1.807, 2.05) is 11.4 Å². The smallest absolute Gasteiger partial charge is 0.100 e. The molecule has 0 bridgehead atoms. The molecule has 104 valence electrons. The Morgan fingerprint density at radius 2 is 2.16 bits per heavy atom. The van der Waals surface area contributed by atoms with Gasteiger partial charge in [0.1, 0.15) is 6.07 Å². The maximum atomic E-state index is 8.79. The summed E-state index contributed by atoms with van der Waals surface area (Å²) in [6.45, 7) is 8.87. The van der Waals surface area contributed by atoms with Crippen molar-refractivity contribution in [1.82, 2.24) is 15.1 Å². The largest absolute Gasteiger partial charge is 0.308 e. The third kappa shape index (κ3) is 4.59. The van der Waals surface area contributed by atoms with Crippen molar-refractivity contribution in [3.05, 3.63) is 21.9 Å². The third-order valence-electron chi connectivity index (χ3n) is 3.54. The molecule has 4 nitrogen and oxygen atoms in total. The van der Waals surface area contributed by atoms with E-state index in [-0.39, 0.29) is 0 Å². The molecular formula is C14H22N4S. The van der Waals surface area contributed by atoms with Gasteiger partial charge >= 0.3 is 0 Å². The van der Waals surface area contributed by atoms with Gasteiger partial charge in [0.2, 0.25) is 0 Å². The molecule has 1 aliphatic rings. The minimum absolute atomic E-state index is 0.482. The van der Waals surface area contributed by atoms with Gasteiger partial charge in [-0.25, -0.2) is 0 Å². The molecule has 0 saturated carbocycles. The fourth-order valence-electron chi connectivity index (χ4n) is 2.29. The van der Waals surface area contributed by atoms with Gasteiger partial charge in [-0.2, -0.15) is 5.26 Å². The molecule has 1 atom stereocenters. The average Bonchev–Trinajstić information content (AvgIpc) is 2.87. The molecule has 1 fully saturated rings. The van der Waals surface area contributed by atoms with Gasteiger partial charge in [0.05, 0.1) is 5.56 Å². The molecule has 1 aliphatic heterocycles. The van der Waals surface area contributed by atoms with Crippen molar-refractivity contribution in [1.29, 1.82) is 5.26 Å². The van der Waals surface area contributed by atoms with Gasteiger partial charge in [0.15, 0.2) is 0 Å². The van der Waals surface area contributed by atoms with Crippen molar-refractivity contribution >= 4 is 11.3 Å². The fraction of sp³-hybridized carbons (Fsp3) is 0.643. The van der Waals surface area contributed by atoms with Crippen LogP contribution in [0.5, 0.6) is 0 Å². The van der Waals surface area contributed by atoms with Crippen molar-refractivity contribution in [3.63, 3.8) is 0 Å². The summed E-state index contributed by atoms with van der Waals surface area (Å²) in [6, 6.07) is 4.63. The van der Waals surface area contributed by atoms with Crippen LogP contribution in [0.25, 0.3) is 0 Å². The molecule has 0 radical (unpaired) electrons. The molecule has 2 heterocycles. The number of rotatable bonds is 5. The lowest BCUT2D eigenvalue weighted by atomic mass is 10.2. The molecule has 0 aliphatic carbocycles. The minimum atomic E-state index is 0.482. The quantitative estimate of drug-likeness (QED) is 0.883. The summed E-state index contributed by atoms with van der Waals surface area (Å²) in [5.41, 5.74) is 0.772. The zero-order valence-corrected chi connectivity index (χ0v) is 12.5. The number of nitriles is 1. The standard InChI is InChI=1S/C14H22N4S/c1-12(10-18-5-3-17(2)4-6-18)16-9-14-7-13(8-15)11-19-14/h7,11-12,16H,3-6,9-10H2,1-2H3. The summed E-state index contributed by atoms with van der Waals surface area (Å²) in [7, 11) is 2.18. The summed E-state index contributed by atoms with van der Waals surface area (Å²) >= 11 is 1.66. The van der Waals surface area contributed by atoms with Gasteiger partial charge in [-0.15, -0.1) is 11.3 Å². The van der Waals surface area contributed by atoms with Gasteiger partial charge in [0.25, 0.3) is 0 Å². The Hall–Kier alpha value is -0.930. The van der Waals surface area contributed by atoms with Gasteiger partial charge in [-0.1, -0.05) is 0 Å². The first-order valence-electron chi connectivity index (χ1n) is 6.79. The van der Waals surface area contributed by atoms with Crippen molar-refractivity contribution in [2.75, 3.05) is 39.8 Å². The van der Waals surface area contributed by atoms with Crippen molar-refractivity contribution in [2.24, 2.45) is 0 Å². The van der Waals surface area contributed by atoms with Crippen LogP contribution in [0.2, 0.25) is 0 Å². The van der Waals surface area contributed by atoms with Crippen LogP contribution in [0.1, 0.15) is 17.4 Å². The van der Waals surface area contributed by atoms with E-state index in [2.05, 4.69) is 35.2 Å². The van der Waals surface area contributed by atoms with Crippen molar-refractivity contribution in [2.45, 2.75) is 19.5 Å². The van der Waals surface area contributed by atoms with Crippen LogP contribution in [0, 0.1) is 11.3 Å². The molecule has 0 aromatic carbocycles. The highest BCUT2D eigenvalue weighted by Gasteiger charge is 2.15. The van der Waals surface area contributed by atoms with E-state index in [9.17, 15) is 0 Å². The van der Waals surface area contributed by atoms with Crippen LogP contribution in [0.15, 0.2) is 11.4 Å². The Labute approximate surface area is 119 Å². The average molecular weight is 278 g/mol. The molecule has 5 heteroatoms. The Bertz CT molecular complexity index is 429. The van der Waals surface area contributed by atoms with E-state index in [1.54, 1.807) is 11.3 Å². The first-order valence-corrected chi connectivity index (χ1v) is 7.67. The molecule has 1 saturated heterocycles. The second-order valence-corrected chi connectivity index (χ2v) is 6.30. The minimum Gasteiger partial charge on any atom is -0.308 e. The predicted molar refractivity (Wildman–Crippen MR) is 79.3 cm³/mol. The summed E-state index contributed by atoms with van der Waals surface area (Å²) in [6.07, 6.45) is 0. The fourth-order valence-corrected chi connectivity index (χ4v) is 3.05. The molecular weight excluding hydrogens is 256 g/mol. The van der Waals surface area contributed by atoms with Crippen LogP contribution < -0.4 is 5.32 Å². The number of hydrogen-bond acceptors (Lipinski definition) is 5. The first-order chi connectivity index (χ1) is 9.17. The molecule has 1 N–H and O–H groups in total. The number of thiophene rings is 1. The predicted octanol–water partition coefficient (Wildman–Crippen LogP) is 1.35. The maximum Gasteiger partial charge on any atom is 0.100 e. The number of nitrogens with zero attached hydrogens (tertiary/aromatic N) is 3. The Morgan fingerprint density at radius 3 is 2.79 bits per heavy atom. The lowest BCUT2D eigenvalue weighted by Crippen LogP contribution is -2.48. The van der Waals surface area contributed by atoms with E-state index in [0.29, 0.717) is 6.04 Å². The second-order valence-electron chi connectivity index (χ2n) is 5.30. The molecule has 0 amide bonds. The number of piperazine rings is 1. The van der Waals surface area contributed by atoms with Crippen LogP contribution in [-0.4, -0.2) is 55.6 Å². The molecule has 1 aromatic heterocycles. The molecule has 2 rings (SSSR count). The number of nitrogens with one attached hydrogen (secondary N) is 1. The topological polar surface area (TPSA) is 42.3 Å². The van der Waals surface area contributed by atoms with Crippen LogP contribution >= 0.6 is 11.3 Å². The Kier molecular flexibility index (Phi) is 5.34. The van der Waals surface area contributed by atoms with Crippen LogP contribution in [-0.2, 0) is 6.54 Å². The van der Waals surface area contributed by atoms with Crippen molar-refractivity contribution < 1.29 is 0 Å². The van der Waals surface area contributed by atoms with Gasteiger partial charge in [0, 0.05) is 55.6 Å². The van der Waals surface area contributed by atoms with Crippen LogP contribution in [0.3, 0.4) is 0 Å². The SMILES string of the molecule is CC(CN1CCN(C)CC1)NCc1cc(C#N)cs1. The molecule has 0 spiro atoms. The van der Waals surface area contributed by atoms with E-state index >= 15 is 0 Å². The summed E-state index contributed by atoms with van der Waals surface area (Å²) in [5.74, 6) is 0. The second kappa shape index (κ2) is 7.01. The van der Waals surface area contributed by atoms with Crippen molar-refractivity contribution in [3.8, 4) is 6.07 Å². The zero-order chi connectivity index (χ0) is 13.7. The normalized spacial score (nSPS) is 19.2. The summed E-state index contributed by atoms with van der Waals surface area (Å²) in [4.78, 5) is 6.14. The van der Waals surface area contributed by atoms with E-state index in [4.69, 9.17) is 5.26 Å². The lowest BCUT2D eigenvalue weighted by molar-refractivity contribution is 0.144. The highest BCUT2D eigenvalue weighted by molar-refractivity contribution is 7.10. The van der Waals surface area contributed by atoms with Gasteiger partial charge < -0.3 is 10.2 Å². The first kappa shape index (κ1) is 14.5. The Morgan fingerprint density at radius 1 is 1.42 bits per heavy atom. The number of hydrogen-bond donors (Lipinski definition) is 1. The highest BCUT2D eigenvalue weighted by Crippen LogP contribution is 2.13. The molecule has 19 heavy (non-hydrogen) atoms. The third-order valence-corrected chi connectivity index (χ3v) is 4.47. The van der Waals surface area contributed by atoms with E-state index in [0.717, 1.165) is 18.7 Å². The van der Waals surface area contributed by atoms with Crippen LogP contribution in [0.4, 0.5) is 0 Å². The summed E-state index contributed by atoms with van der Waals surface area (Å²) < 4.78 is 0. The van der Waals surface area contributed by atoms with Gasteiger partial charge in [-0.05, 0) is 20.0 Å². The van der Waals surface area contributed by atoms with Gasteiger partial charge in [-0.3, -0.25) is 4.90 Å². The lowest BCUT2D eigenvalue weighted by Gasteiger charge is -2.34. The Balaban J connectivity index is 1.69. The molecule has 1 aromatic rings. The zero-order valence-electron chi connectivity index (χ0n) is 11.7.